The van der Waals surface area contributed by atoms with Crippen LogP contribution >= 0.6 is 11.3 Å². The molecule has 0 aliphatic carbocycles. The Labute approximate surface area is 274 Å². The number of para-hydroxylation sites is 1. The van der Waals surface area contributed by atoms with E-state index in [2.05, 4.69) is 62.3 Å². The molecule has 4 aromatic carbocycles. The van der Waals surface area contributed by atoms with E-state index in [4.69, 9.17) is 28.8 Å². The number of hydrogen-bond donors (Lipinski definition) is 0. The number of thiazole rings is 1. The minimum atomic E-state index is -0.190. The van der Waals surface area contributed by atoms with E-state index in [-0.39, 0.29) is 6.10 Å². The Morgan fingerprint density at radius 1 is 0.739 bits per heavy atom. The van der Waals surface area contributed by atoms with Crippen LogP contribution in [0.4, 0.5) is 0 Å². The van der Waals surface area contributed by atoms with Gasteiger partial charge in [-0.1, -0.05) is 35.5 Å². The maximum atomic E-state index is 6.20. The molecule has 1 aliphatic rings. The van der Waals surface area contributed by atoms with Gasteiger partial charge < -0.3 is 23.8 Å². The Morgan fingerprint density at radius 2 is 1.50 bits per heavy atom. The van der Waals surface area contributed by atoms with E-state index in [0.717, 1.165) is 80.4 Å². The lowest BCUT2D eigenvalue weighted by Crippen LogP contribution is -2.05. The number of methoxy groups -OCH3 is 2. The van der Waals surface area contributed by atoms with Gasteiger partial charge in [0.15, 0.2) is 17.6 Å². The molecule has 238 valence electrons. The van der Waals surface area contributed by atoms with Gasteiger partial charge in [0.25, 0.3) is 0 Å². The highest BCUT2D eigenvalue weighted by Gasteiger charge is 2.26. The minimum absolute atomic E-state index is 0.190. The van der Waals surface area contributed by atoms with E-state index in [0.29, 0.717) is 31.1 Å². The Hall–Kier alpha value is -4.56. The summed E-state index contributed by atoms with van der Waals surface area (Å²) in [6.07, 6.45) is 3.31. The predicted molar refractivity (Wildman–Crippen MR) is 185 cm³/mol. The molecule has 46 heavy (non-hydrogen) atoms. The minimum Gasteiger partial charge on any atom is -0.496 e. The Bertz CT molecular complexity index is 1830. The van der Waals surface area contributed by atoms with Crippen LogP contribution in [0.5, 0.6) is 23.0 Å². The van der Waals surface area contributed by atoms with Crippen LogP contribution in [0.25, 0.3) is 20.8 Å². The molecule has 1 unspecified atom stereocenters. The first kappa shape index (κ1) is 31.4. The molecule has 0 fully saturated rings. The van der Waals surface area contributed by atoms with Crippen LogP contribution in [0.3, 0.4) is 0 Å². The number of aryl methyl sites for hydroxylation is 2. The second-order valence-electron chi connectivity index (χ2n) is 11.6. The van der Waals surface area contributed by atoms with Gasteiger partial charge in [0.1, 0.15) is 16.5 Å². The van der Waals surface area contributed by atoms with E-state index in [1.54, 1.807) is 25.6 Å². The molecule has 5 aromatic rings. The van der Waals surface area contributed by atoms with Crippen molar-refractivity contribution < 1.29 is 23.8 Å². The smallest absolute Gasteiger partial charge is 0.161 e. The molecular weight excluding hydrogens is 596 g/mol. The third-order valence-corrected chi connectivity index (χ3v) is 9.52. The average Bonchev–Trinajstić information content (AvgIpc) is 3.74. The Balaban J connectivity index is 0.986. The lowest BCUT2D eigenvalue weighted by molar-refractivity contribution is 0.0854. The maximum absolute atomic E-state index is 6.20. The number of benzene rings is 4. The summed E-state index contributed by atoms with van der Waals surface area (Å²) in [4.78, 5) is 10.7. The molecule has 7 nitrogen and oxygen atoms in total. The zero-order chi connectivity index (χ0) is 32.0. The number of ether oxygens (including phenoxy) is 4. The molecule has 0 amide bonds. The number of oxime groups is 1. The monoisotopic (exact) mass is 636 g/mol. The van der Waals surface area contributed by atoms with Crippen molar-refractivity contribution in [2.24, 2.45) is 5.16 Å². The summed E-state index contributed by atoms with van der Waals surface area (Å²) in [5, 5.41) is 5.43. The highest BCUT2D eigenvalue weighted by atomic mass is 32.1. The highest BCUT2D eigenvalue weighted by molar-refractivity contribution is 7.21. The van der Waals surface area contributed by atoms with Crippen molar-refractivity contribution in [1.29, 1.82) is 0 Å². The normalized spacial score (nSPS) is 14.2. The second kappa shape index (κ2) is 14.3. The van der Waals surface area contributed by atoms with Gasteiger partial charge in [-0.2, -0.15) is 0 Å². The van der Waals surface area contributed by atoms with Crippen molar-refractivity contribution >= 4 is 27.3 Å². The number of nitrogens with zero attached hydrogens (tertiary/aromatic N) is 2. The topological polar surface area (TPSA) is 71.4 Å². The molecule has 8 heteroatoms. The van der Waals surface area contributed by atoms with Gasteiger partial charge in [0.2, 0.25) is 0 Å². The van der Waals surface area contributed by atoms with Crippen molar-refractivity contribution in [2.45, 2.75) is 52.6 Å². The fraction of sp³-hybridized carbons (Fsp3) is 0.316. The SMILES string of the molecule is COc1ccc(C2CC(c3cc(C)c(C)c(OC)c3)=NO2)cc1OCCCCCOc1cc(-c2nc3ccccc3s2)ccc1C. The summed E-state index contributed by atoms with van der Waals surface area (Å²) in [5.41, 5.74) is 8.47. The zero-order valence-electron chi connectivity index (χ0n) is 27.1. The van der Waals surface area contributed by atoms with Gasteiger partial charge in [0.05, 0.1) is 43.4 Å². The first-order chi connectivity index (χ1) is 22.4. The first-order valence-corrected chi connectivity index (χ1v) is 16.5. The summed E-state index contributed by atoms with van der Waals surface area (Å²) in [6.45, 7) is 7.46. The van der Waals surface area contributed by atoms with Gasteiger partial charge in [-0.3, -0.25) is 0 Å². The van der Waals surface area contributed by atoms with Gasteiger partial charge in [-0.05, 0) is 105 Å². The molecule has 1 atom stereocenters. The molecule has 0 radical (unpaired) electrons. The first-order valence-electron chi connectivity index (χ1n) is 15.7. The van der Waals surface area contributed by atoms with Crippen molar-refractivity contribution in [3.05, 3.63) is 101 Å². The number of unbranched alkanes of at least 4 members (excludes halogenated alkanes) is 2. The summed E-state index contributed by atoms with van der Waals surface area (Å²) in [7, 11) is 3.36. The molecule has 0 saturated carbocycles. The summed E-state index contributed by atoms with van der Waals surface area (Å²) < 4.78 is 24.7. The summed E-state index contributed by atoms with van der Waals surface area (Å²) in [6, 6.07) is 24.7. The van der Waals surface area contributed by atoms with Crippen LogP contribution in [0.2, 0.25) is 0 Å². The molecule has 0 saturated heterocycles. The molecule has 0 bridgehead atoms. The highest BCUT2D eigenvalue weighted by Crippen LogP contribution is 2.37. The van der Waals surface area contributed by atoms with Crippen LogP contribution in [0.1, 0.15) is 59.6 Å². The van der Waals surface area contributed by atoms with Gasteiger partial charge in [-0.15, -0.1) is 11.3 Å². The molecule has 0 N–H and O–H groups in total. The molecule has 1 aromatic heterocycles. The Morgan fingerprint density at radius 3 is 2.28 bits per heavy atom. The predicted octanol–water partition coefficient (Wildman–Crippen LogP) is 9.40. The van der Waals surface area contributed by atoms with Crippen molar-refractivity contribution in [3.63, 3.8) is 0 Å². The van der Waals surface area contributed by atoms with E-state index >= 15 is 0 Å². The fourth-order valence-electron chi connectivity index (χ4n) is 5.57. The van der Waals surface area contributed by atoms with E-state index in [1.165, 1.54) is 4.70 Å². The second-order valence-corrected chi connectivity index (χ2v) is 12.6. The molecule has 0 spiro atoms. The lowest BCUT2D eigenvalue weighted by atomic mass is 9.97. The van der Waals surface area contributed by atoms with Crippen LogP contribution in [-0.2, 0) is 4.84 Å². The Kier molecular flexibility index (Phi) is 9.73. The average molecular weight is 637 g/mol. The standard InChI is InChI=1S/C38H40N2O5S/c1-24-13-14-28(38-39-30-11-7-8-12-37(30)46-38)21-33(24)43-17-9-6-10-18-44-36-20-27(15-16-32(36)41-4)35-23-31(40-45-35)29-19-25(2)26(3)34(22-29)42-5/h7-8,11-16,19-22,35H,6,9-10,17-18,23H2,1-5H3. The van der Waals surface area contributed by atoms with E-state index < -0.39 is 0 Å². The fourth-order valence-corrected chi connectivity index (χ4v) is 6.53. The van der Waals surface area contributed by atoms with Crippen molar-refractivity contribution in [2.75, 3.05) is 27.4 Å². The zero-order valence-corrected chi connectivity index (χ0v) is 27.9. The van der Waals surface area contributed by atoms with Gasteiger partial charge >= 0.3 is 0 Å². The quantitative estimate of drug-likeness (QED) is 0.120. The maximum Gasteiger partial charge on any atom is 0.161 e. The van der Waals surface area contributed by atoms with Crippen molar-refractivity contribution in [1.82, 2.24) is 4.98 Å². The third-order valence-electron chi connectivity index (χ3n) is 8.43. The summed E-state index contributed by atoms with van der Waals surface area (Å²) >= 11 is 1.71. The lowest BCUT2D eigenvalue weighted by Gasteiger charge is -2.15. The number of aromatic nitrogens is 1. The molecule has 2 heterocycles. The number of hydrogen-bond acceptors (Lipinski definition) is 8. The number of rotatable bonds is 13. The largest absolute Gasteiger partial charge is 0.496 e. The summed E-state index contributed by atoms with van der Waals surface area (Å²) in [5.74, 6) is 3.18. The molecule has 6 rings (SSSR count). The molecule has 1 aliphatic heterocycles. The van der Waals surface area contributed by atoms with Crippen LogP contribution in [0, 0.1) is 20.8 Å². The van der Waals surface area contributed by atoms with Crippen LogP contribution < -0.4 is 18.9 Å². The number of fused-ring (bicyclic) bond motifs is 1. The van der Waals surface area contributed by atoms with Crippen molar-refractivity contribution in [3.8, 4) is 33.6 Å². The van der Waals surface area contributed by atoms with E-state index in [1.807, 2.05) is 36.4 Å². The van der Waals surface area contributed by atoms with E-state index in [9.17, 15) is 0 Å². The van der Waals surface area contributed by atoms with Crippen LogP contribution in [0.15, 0.2) is 78.0 Å². The third kappa shape index (κ3) is 6.97. The molecular formula is C38H40N2O5S. The van der Waals surface area contributed by atoms with Gasteiger partial charge in [-0.25, -0.2) is 4.98 Å². The van der Waals surface area contributed by atoms with Crippen LogP contribution in [-0.4, -0.2) is 38.1 Å². The van der Waals surface area contributed by atoms with Gasteiger partial charge in [0, 0.05) is 17.5 Å².